The lowest BCUT2D eigenvalue weighted by molar-refractivity contribution is 0.198. The molecule has 3 heterocycles. The van der Waals surface area contributed by atoms with Crippen LogP contribution in [0.2, 0.25) is 0 Å². The van der Waals surface area contributed by atoms with Crippen molar-refractivity contribution >= 4 is 17.6 Å². The molecule has 1 aliphatic heterocycles. The van der Waals surface area contributed by atoms with Gasteiger partial charge >= 0.3 is 0 Å². The van der Waals surface area contributed by atoms with Gasteiger partial charge in [-0.15, -0.1) is 0 Å². The highest BCUT2D eigenvalue weighted by molar-refractivity contribution is 5.52. The molecule has 1 saturated heterocycles. The second-order valence-electron chi connectivity index (χ2n) is 7.17. The number of aromatic nitrogens is 4. The molecule has 4 rings (SSSR count). The van der Waals surface area contributed by atoms with Gasteiger partial charge in [0.2, 0.25) is 5.95 Å². The average molecular weight is 393 g/mol. The Labute approximate surface area is 169 Å². The Kier molecular flexibility index (Phi) is 5.90. The Morgan fingerprint density at radius 2 is 1.93 bits per heavy atom. The molecule has 0 unspecified atom stereocenters. The standard InChI is InChI=1S/C21H24FN7/c1-23-19-11-20(26-14-25-19)28-21-24-9-8-18(27-21)16-3-2-10-29(13-16)12-15-4-6-17(22)7-5-15/h4-9,11,14,16H,2-3,10,12-13H2,1H3,(H2,23,24,25,26,27,28)/t16-/m0/s1. The maximum Gasteiger partial charge on any atom is 0.228 e. The van der Waals surface area contributed by atoms with E-state index in [0.717, 1.165) is 49.6 Å². The third-order valence-corrected chi connectivity index (χ3v) is 5.08. The number of nitrogens with one attached hydrogen (secondary N) is 2. The smallest absolute Gasteiger partial charge is 0.228 e. The molecule has 150 valence electrons. The van der Waals surface area contributed by atoms with Crippen molar-refractivity contribution in [2.24, 2.45) is 0 Å². The first kappa shape index (κ1) is 19.2. The number of anilines is 3. The molecular formula is C21H24FN7. The summed E-state index contributed by atoms with van der Waals surface area (Å²) in [6.45, 7) is 2.78. The molecule has 0 saturated carbocycles. The molecule has 1 aliphatic rings. The first-order valence-electron chi connectivity index (χ1n) is 9.76. The van der Waals surface area contributed by atoms with Gasteiger partial charge in [0.1, 0.15) is 23.8 Å². The largest absolute Gasteiger partial charge is 0.373 e. The van der Waals surface area contributed by atoms with Gasteiger partial charge in [0, 0.05) is 38.3 Å². The minimum Gasteiger partial charge on any atom is -0.373 e. The van der Waals surface area contributed by atoms with Gasteiger partial charge in [0.05, 0.1) is 5.69 Å². The van der Waals surface area contributed by atoms with Crippen LogP contribution in [-0.2, 0) is 6.54 Å². The summed E-state index contributed by atoms with van der Waals surface area (Å²) in [5, 5.41) is 6.14. The van der Waals surface area contributed by atoms with E-state index in [0.29, 0.717) is 17.7 Å². The van der Waals surface area contributed by atoms with Crippen molar-refractivity contribution in [2.75, 3.05) is 30.8 Å². The number of nitrogens with zero attached hydrogens (tertiary/aromatic N) is 5. The first-order valence-corrected chi connectivity index (χ1v) is 9.76. The van der Waals surface area contributed by atoms with Crippen LogP contribution in [0.3, 0.4) is 0 Å². The van der Waals surface area contributed by atoms with Crippen molar-refractivity contribution < 1.29 is 4.39 Å². The number of halogens is 1. The lowest BCUT2D eigenvalue weighted by Gasteiger charge is -2.32. The van der Waals surface area contributed by atoms with Crippen LogP contribution < -0.4 is 10.6 Å². The van der Waals surface area contributed by atoms with Gasteiger partial charge in [-0.05, 0) is 43.1 Å². The monoisotopic (exact) mass is 393 g/mol. The number of rotatable bonds is 6. The number of hydrogen-bond donors (Lipinski definition) is 2. The summed E-state index contributed by atoms with van der Waals surface area (Å²) >= 11 is 0. The summed E-state index contributed by atoms with van der Waals surface area (Å²) in [6.07, 6.45) is 5.47. The fourth-order valence-corrected chi connectivity index (χ4v) is 3.63. The molecule has 7 nitrogen and oxygen atoms in total. The fourth-order valence-electron chi connectivity index (χ4n) is 3.63. The second-order valence-corrected chi connectivity index (χ2v) is 7.17. The van der Waals surface area contributed by atoms with Gasteiger partial charge in [0.25, 0.3) is 0 Å². The van der Waals surface area contributed by atoms with E-state index in [4.69, 9.17) is 4.98 Å². The number of piperidine rings is 1. The molecule has 3 aromatic rings. The van der Waals surface area contributed by atoms with Crippen molar-refractivity contribution in [3.63, 3.8) is 0 Å². The average Bonchev–Trinajstić information content (AvgIpc) is 2.76. The normalized spacial score (nSPS) is 17.1. The fraction of sp³-hybridized carbons (Fsp3) is 0.333. The summed E-state index contributed by atoms with van der Waals surface area (Å²) < 4.78 is 13.1. The lowest BCUT2D eigenvalue weighted by atomic mass is 9.94. The zero-order chi connectivity index (χ0) is 20.1. The van der Waals surface area contributed by atoms with Crippen LogP contribution in [0.15, 0.2) is 48.9 Å². The van der Waals surface area contributed by atoms with E-state index in [-0.39, 0.29) is 5.82 Å². The number of likely N-dealkylation sites (tertiary alicyclic amines) is 1. The molecule has 2 N–H and O–H groups in total. The molecule has 1 fully saturated rings. The molecule has 0 bridgehead atoms. The van der Waals surface area contributed by atoms with Gasteiger partial charge in [0.15, 0.2) is 0 Å². The van der Waals surface area contributed by atoms with Crippen LogP contribution in [0, 0.1) is 5.82 Å². The second kappa shape index (κ2) is 8.91. The molecule has 2 aromatic heterocycles. The topological polar surface area (TPSA) is 78.9 Å². The highest BCUT2D eigenvalue weighted by atomic mass is 19.1. The Bertz CT molecular complexity index is 948. The van der Waals surface area contributed by atoms with Gasteiger partial charge in [-0.3, -0.25) is 4.90 Å². The van der Waals surface area contributed by atoms with Gasteiger partial charge in [-0.25, -0.2) is 24.3 Å². The van der Waals surface area contributed by atoms with E-state index in [2.05, 4.69) is 30.5 Å². The van der Waals surface area contributed by atoms with Crippen molar-refractivity contribution in [3.05, 3.63) is 66.0 Å². The highest BCUT2D eigenvalue weighted by Gasteiger charge is 2.23. The van der Waals surface area contributed by atoms with E-state index in [1.807, 2.05) is 25.2 Å². The van der Waals surface area contributed by atoms with Crippen LogP contribution in [-0.4, -0.2) is 45.0 Å². The summed E-state index contributed by atoms with van der Waals surface area (Å²) in [6, 6.07) is 10.5. The van der Waals surface area contributed by atoms with Crippen molar-refractivity contribution in [2.45, 2.75) is 25.3 Å². The molecule has 1 aromatic carbocycles. The molecule has 8 heteroatoms. The van der Waals surface area contributed by atoms with Crippen LogP contribution >= 0.6 is 0 Å². The lowest BCUT2D eigenvalue weighted by Crippen LogP contribution is -2.34. The van der Waals surface area contributed by atoms with E-state index >= 15 is 0 Å². The maximum absolute atomic E-state index is 13.1. The van der Waals surface area contributed by atoms with Gasteiger partial charge in [-0.1, -0.05) is 12.1 Å². The van der Waals surface area contributed by atoms with Crippen LogP contribution in [0.1, 0.15) is 30.0 Å². The summed E-state index contributed by atoms with van der Waals surface area (Å²) in [5.41, 5.74) is 2.15. The quantitative estimate of drug-likeness (QED) is 0.663. The van der Waals surface area contributed by atoms with Gasteiger partial charge < -0.3 is 10.6 Å². The minimum absolute atomic E-state index is 0.197. The summed E-state index contributed by atoms with van der Waals surface area (Å²) in [7, 11) is 1.81. The summed E-state index contributed by atoms with van der Waals surface area (Å²) in [5.74, 6) is 2.03. The third-order valence-electron chi connectivity index (χ3n) is 5.08. The maximum atomic E-state index is 13.1. The Morgan fingerprint density at radius 3 is 2.76 bits per heavy atom. The molecular weight excluding hydrogens is 369 g/mol. The third kappa shape index (κ3) is 5.03. The van der Waals surface area contributed by atoms with Crippen LogP contribution in [0.5, 0.6) is 0 Å². The van der Waals surface area contributed by atoms with Crippen molar-refractivity contribution in [1.82, 2.24) is 24.8 Å². The predicted octanol–water partition coefficient (Wildman–Crippen LogP) is 3.57. The molecule has 0 amide bonds. The predicted molar refractivity (Wildman–Crippen MR) is 111 cm³/mol. The zero-order valence-corrected chi connectivity index (χ0v) is 16.3. The van der Waals surface area contributed by atoms with Crippen LogP contribution in [0.25, 0.3) is 0 Å². The Hall–Kier alpha value is -3.13. The summed E-state index contributed by atoms with van der Waals surface area (Å²) in [4.78, 5) is 19.8. The van der Waals surface area contributed by atoms with E-state index in [1.165, 1.54) is 18.5 Å². The minimum atomic E-state index is -0.197. The number of benzene rings is 1. The van der Waals surface area contributed by atoms with Gasteiger partial charge in [-0.2, -0.15) is 0 Å². The Balaban J connectivity index is 1.43. The van der Waals surface area contributed by atoms with Crippen molar-refractivity contribution in [1.29, 1.82) is 0 Å². The van der Waals surface area contributed by atoms with Crippen LogP contribution in [0.4, 0.5) is 22.0 Å². The van der Waals surface area contributed by atoms with Crippen molar-refractivity contribution in [3.8, 4) is 0 Å². The SMILES string of the molecule is CNc1cc(Nc2nccc([C@H]3CCCN(Cc4ccc(F)cc4)C3)n2)ncn1. The first-order chi connectivity index (χ1) is 14.2. The molecule has 0 aliphatic carbocycles. The number of hydrogen-bond acceptors (Lipinski definition) is 7. The Morgan fingerprint density at radius 1 is 1.10 bits per heavy atom. The van der Waals surface area contributed by atoms with E-state index in [9.17, 15) is 4.39 Å². The highest BCUT2D eigenvalue weighted by Crippen LogP contribution is 2.27. The molecule has 29 heavy (non-hydrogen) atoms. The van der Waals surface area contributed by atoms with E-state index < -0.39 is 0 Å². The molecule has 1 atom stereocenters. The molecule has 0 spiro atoms. The molecule has 0 radical (unpaired) electrons. The van der Waals surface area contributed by atoms with E-state index in [1.54, 1.807) is 12.3 Å². The zero-order valence-electron chi connectivity index (χ0n) is 16.3.